The molecule has 5 rings (SSSR count). The third-order valence-electron chi connectivity index (χ3n) is 6.98. The highest BCUT2D eigenvalue weighted by molar-refractivity contribution is 6.36. The van der Waals surface area contributed by atoms with Gasteiger partial charge in [0.1, 0.15) is 5.60 Å². The fraction of sp³-hybridized carbons (Fsp3) is 0.481. The summed E-state index contributed by atoms with van der Waals surface area (Å²) < 4.78 is 11.1. The minimum Gasteiger partial charge on any atom is -0.481 e. The molecule has 0 unspecified atom stereocenters. The summed E-state index contributed by atoms with van der Waals surface area (Å²) in [6.07, 6.45) is 7.17. The van der Waals surface area contributed by atoms with E-state index >= 15 is 0 Å². The van der Waals surface area contributed by atoms with Crippen LogP contribution in [0.5, 0.6) is 5.88 Å². The molecule has 4 heterocycles. The van der Waals surface area contributed by atoms with Crippen LogP contribution in [0.2, 0.25) is 0 Å². The zero-order valence-electron chi connectivity index (χ0n) is 21.2. The lowest BCUT2D eigenvalue weighted by atomic mass is 9.77. The molecule has 0 atom stereocenters. The lowest BCUT2D eigenvalue weighted by Crippen LogP contribution is -2.39. The quantitative estimate of drug-likeness (QED) is 0.621. The average Bonchev–Trinajstić information content (AvgIpc) is 3.15. The largest absolute Gasteiger partial charge is 0.481 e. The van der Waals surface area contributed by atoms with Crippen molar-refractivity contribution in [2.24, 2.45) is 16.1 Å². The number of hydrogen-bond acceptors (Lipinski definition) is 6. The Kier molecular flexibility index (Phi) is 6.64. The number of anilines is 1. The highest BCUT2D eigenvalue weighted by Crippen LogP contribution is 2.42. The Labute approximate surface area is 215 Å². The third-order valence-corrected chi connectivity index (χ3v) is 7.33. The van der Waals surface area contributed by atoms with Gasteiger partial charge < -0.3 is 14.5 Å². The van der Waals surface area contributed by atoms with Crippen LogP contribution in [0.3, 0.4) is 0 Å². The summed E-state index contributed by atoms with van der Waals surface area (Å²) in [5, 5.41) is 10.7. The number of fused-ring (bicyclic) bond motifs is 3. The number of methoxy groups -OCH3 is 1. The predicted molar refractivity (Wildman–Crippen MR) is 139 cm³/mol. The molecule has 0 aromatic carbocycles. The van der Waals surface area contributed by atoms with Crippen LogP contribution in [-0.4, -0.2) is 35.3 Å². The van der Waals surface area contributed by atoms with Crippen LogP contribution in [0.15, 0.2) is 39.5 Å². The SMILES string of the molecule is COc1cccc([C@H]2CC[C@H](C3=c4[nH]c5c(c4N(C(=O)OC(C)(C)C)CC=C3Cl)CN=NC=5)CC2)n1. The van der Waals surface area contributed by atoms with Gasteiger partial charge in [0.2, 0.25) is 5.88 Å². The molecule has 1 saturated carbocycles. The second-order valence-electron chi connectivity index (χ2n) is 10.5. The maximum absolute atomic E-state index is 13.3. The van der Waals surface area contributed by atoms with Gasteiger partial charge in [0.15, 0.2) is 0 Å². The van der Waals surface area contributed by atoms with Crippen LogP contribution in [0.4, 0.5) is 10.5 Å². The first-order valence-electron chi connectivity index (χ1n) is 12.4. The summed E-state index contributed by atoms with van der Waals surface area (Å²) in [4.78, 5) is 23.1. The van der Waals surface area contributed by atoms with Gasteiger partial charge in [-0.3, -0.25) is 4.90 Å². The molecule has 8 nitrogen and oxygen atoms in total. The van der Waals surface area contributed by atoms with E-state index < -0.39 is 11.7 Å². The number of allylic oxidation sites excluding steroid dienone is 1. The Morgan fingerprint density at radius 3 is 2.64 bits per heavy atom. The van der Waals surface area contributed by atoms with Gasteiger partial charge >= 0.3 is 6.09 Å². The number of amides is 1. The van der Waals surface area contributed by atoms with E-state index in [1.165, 1.54) is 0 Å². The number of aromatic amines is 1. The monoisotopic (exact) mass is 509 g/mol. The molecule has 2 aromatic rings. The van der Waals surface area contributed by atoms with E-state index in [0.717, 1.165) is 58.9 Å². The Bertz CT molecular complexity index is 1350. The molecule has 1 fully saturated rings. The molecule has 0 radical (unpaired) electrons. The van der Waals surface area contributed by atoms with E-state index in [0.29, 0.717) is 29.9 Å². The first-order valence-corrected chi connectivity index (χ1v) is 12.8. The highest BCUT2D eigenvalue weighted by atomic mass is 35.5. The summed E-state index contributed by atoms with van der Waals surface area (Å²) in [6, 6.07) is 5.96. The first-order chi connectivity index (χ1) is 17.2. The fourth-order valence-electron chi connectivity index (χ4n) is 5.34. The number of pyridine rings is 1. The summed E-state index contributed by atoms with van der Waals surface area (Å²) in [5.74, 6) is 1.28. The van der Waals surface area contributed by atoms with Gasteiger partial charge in [-0.15, -0.1) is 0 Å². The number of rotatable bonds is 3. The van der Waals surface area contributed by atoms with Crippen LogP contribution in [-0.2, 0) is 11.3 Å². The Hall–Kier alpha value is -3.13. The minimum absolute atomic E-state index is 0.252. The molecular formula is C27H32ClN5O3. The zero-order chi connectivity index (χ0) is 25.4. The van der Waals surface area contributed by atoms with Crippen LogP contribution in [0.1, 0.15) is 63.6 Å². The molecule has 1 amide bonds. The minimum atomic E-state index is -0.613. The van der Waals surface area contributed by atoms with Crippen molar-refractivity contribution in [3.05, 3.63) is 51.3 Å². The number of nitrogens with zero attached hydrogens (tertiary/aromatic N) is 4. The van der Waals surface area contributed by atoms with E-state index in [1.807, 2.05) is 39.0 Å². The van der Waals surface area contributed by atoms with Crippen molar-refractivity contribution in [1.82, 2.24) is 9.97 Å². The number of hydrogen-bond donors (Lipinski definition) is 1. The van der Waals surface area contributed by atoms with Crippen LogP contribution >= 0.6 is 11.6 Å². The van der Waals surface area contributed by atoms with Crippen molar-refractivity contribution in [3.63, 3.8) is 0 Å². The molecule has 190 valence electrons. The molecule has 1 N–H and O–H groups in total. The van der Waals surface area contributed by atoms with Gasteiger partial charge in [-0.05, 0) is 70.1 Å². The van der Waals surface area contributed by atoms with E-state index in [1.54, 1.807) is 18.2 Å². The number of nitrogens with one attached hydrogen (secondary N) is 1. The smallest absolute Gasteiger partial charge is 0.415 e. The maximum Gasteiger partial charge on any atom is 0.415 e. The molecule has 0 bridgehead atoms. The standard InChI is InChI=1S/C27H32ClN5O3/c1-27(2,3)36-26(34)33-13-12-19(28)23(24-25(33)18-14-29-30-15-21(18)32-24)17-10-8-16(9-11-17)20-6-5-7-22(31-20)35-4/h5-7,12,15-17,32H,8-11,13-14H2,1-4H3/t16-,17-. The topological polar surface area (TPSA) is 92.2 Å². The molecule has 2 aromatic heterocycles. The van der Waals surface area contributed by atoms with Gasteiger partial charge in [0, 0.05) is 34.8 Å². The van der Waals surface area contributed by atoms with Crippen LogP contribution in [0, 0.1) is 5.92 Å². The summed E-state index contributed by atoms with van der Waals surface area (Å²) in [7, 11) is 1.64. The van der Waals surface area contributed by atoms with E-state index in [-0.39, 0.29) is 5.92 Å². The van der Waals surface area contributed by atoms with Crippen molar-refractivity contribution in [1.29, 1.82) is 0 Å². The molecular weight excluding hydrogens is 478 g/mol. The summed E-state index contributed by atoms with van der Waals surface area (Å²) >= 11 is 6.95. The highest BCUT2D eigenvalue weighted by Gasteiger charge is 2.34. The Morgan fingerprint density at radius 1 is 1.17 bits per heavy atom. The molecule has 3 aliphatic rings. The molecule has 1 aliphatic carbocycles. The van der Waals surface area contributed by atoms with Crippen LogP contribution < -0.4 is 20.3 Å². The van der Waals surface area contributed by atoms with Crippen molar-refractivity contribution in [3.8, 4) is 5.88 Å². The van der Waals surface area contributed by atoms with Crippen molar-refractivity contribution >= 4 is 35.2 Å². The molecule has 36 heavy (non-hydrogen) atoms. The van der Waals surface area contributed by atoms with Gasteiger partial charge in [0.25, 0.3) is 0 Å². The van der Waals surface area contributed by atoms with Gasteiger partial charge in [0.05, 0.1) is 36.2 Å². The average molecular weight is 510 g/mol. The van der Waals surface area contributed by atoms with Crippen molar-refractivity contribution < 1.29 is 14.3 Å². The number of aromatic nitrogens is 2. The Morgan fingerprint density at radius 2 is 1.92 bits per heavy atom. The summed E-state index contributed by atoms with van der Waals surface area (Å²) in [6.45, 7) is 6.33. The normalized spacial score (nSPS) is 21.6. The lowest BCUT2D eigenvalue weighted by molar-refractivity contribution is 0.0584. The van der Waals surface area contributed by atoms with Gasteiger partial charge in [-0.25, -0.2) is 9.78 Å². The first kappa shape index (κ1) is 24.6. The molecule has 0 spiro atoms. The fourth-order valence-corrected chi connectivity index (χ4v) is 5.66. The number of halogens is 1. The molecule has 0 saturated heterocycles. The van der Waals surface area contributed by atoms with Gasteiger partial charge in [-0.2, -0.15) is 10.2 Å². The number of carbonyl (C=O) groups excluding carboxylic acids is 1. The molecule has 9 heteroatoms. The van der Waals surface area contributed by atoms with E-state index in [4.69, 9.17) is 21.1 Å². The third kappa shape index (κ3) is 4.78. The van der Waals surface area contributed by atoms with E-state index in [9.17, 15) is 4.79 Å². The van der Waals surface area contributed by atoms with E-state index in [2.05, 4.69) is 26.3 Å². The van der Waals surface area contributed by atoms with Crippen molar-refractivity contribution in [2.75, 3.05) is 18.6 Å². The maximum atomic E-state index is 13.3. The second-order valence-corrected chi connectivity index (χ2v) is 10.9. The number of azo groups is 1. The number of carbonyl (C=O) groups is 1. The van der Waals surface area contributed by atoms with Crippen molar-refractivity contribution in [2.45, 2.75) is 64.5 Å². The predicted octanol–water partition coefficient (Wildman–Crippen LogP) is 5.12. The zero-order valence-corrected chi connectivity index (χ0v) is 21.9. The molecule has 2 aliphatic heterocycles. The number of H-pyrrole nitrogens is 1. The number of ether oxygens (including phenoxy) is 2. The summed E-state index contributed by atoms with van der Waals surface area (Å²) in [5.41, 5.74) is 3.26. The van der Waals surface area contributed by atoms with Gasteiger partial charge in [-0.1, -0.05) is 17.7 Å². The second kappa shape index (κ2) is 9.73. The lowest BCUT2D eigenvalue weighted by Gasteiger charge is -2.30. The Balaban J connectivity index is 1.53. The van der Waals surface area contributed by atoms with Crippen LogP contribution in [0.25, 0.3) is 11.8 Å².